The number of pyridine rings is 2. The van der Waals surface area contributed by atoms with Crippen molar-refractivity contribution in [3.63, 3.8) is 0 Å². The van der Waals surface area contributed by atoms with Crippen LogP contribution in [0.3, 0.4) is 0 Å². The number of amides is 1. The SMILES string of the molecule is CC(C(=O)Nc1ccc2ncccc2c1)n1nc(-c2ccncc2)ccc1=O. The maximum Gasteiger partial charge on any atom is 0.267 e. The molecule has 0 saturated heterocycles. The van der Waals surface area contributed by atoms with Crippen molar-refractivity contribution in [2.45, 2.75) is 13.0 Å². The summed E-state index contributed by atoms with van der Waals surface area (Å²) in [4.78, 5) is 33.2. The summed E-state index contributed by atoms with van der Waals surface area (Å²) in [6, 6.07) is 15.1. The van der Waals surface area contributed by atoms with E-state index in [-0.39, 0.29) is 11.5 Å². The third-order valence-corrected chi connectivity index (χ3v) is 4.42. The van der Waals surface area contributed by atoms with Gasteiger partial charge in [-0.1, -0.05) is 6.07 Å². The summed E-state index contributed by atoms with van der Waals surface area (Å²) in [5.41, 5.74) is 2.55. The molecule has 3 heterocycles. The number of anilines is 1. The zero-order chi connectivity index (χ0) is 19.5. The highest BCUT2D eigenvalue weighted by Crippen LogP contribution is 2.19. The van der Waals surface area contributed by atoms with Crippen LogP contribution in [0.4, 0.5) is 5.69 Å². The van der Waals surface area contributed by atoms with Gasteiger partial charge in [0.15, 0.2) is 0 Å². The topological polar surface area (TPSA) is 89.8 Å². The van der Waals surface area contributed by atoms with Crippen molar-refractivity contribution in [1.29, 1.82) is 0 Å². The molecule has 1 amide bonds. The van der Waals surface area contributed by atoms with Crippen LogP contribution in [0.5, 0.6) is 0 Å². The molecule has 1 aromatic carbocycles. The van der Waals surface area contributed by atoms with Crippen molar-refractivity contribution in [2.75, 3.05) is 5.32 Å². The average Bonchev–Trinajstić information content (AvgIpc) is 2.74. The van der Waals surface area contributed by atoms with Crippen LogP contribution in [0, 0.1) is 0 Å². The number of carbonyl (C=O) groups is 1. The van der Waals surface area contributed by atoms with Crippen LogP contribution in [0.1, 0.15) is 13.0 Å². The normalized spacial score (nSPS) is 11.9. The molecule has 28 heavy (non-hydrogen) atoms. The molecular formula is C21H17N5O2. The van der Waals surface area contributed by atoms with Crippen molar-refractivity contribution in [2.24, 2.45) is 0 Å². The van der Waals surface area contributed by atoms with Gasteiger partial charge in [-0.25, -0.2) is 4.68 Å². The molecule has 3 aromatic heterocycles. The number of benzene rings is 1. The molecule has 0 aliphatic carbocycles. The van der Waals surface area contributed by atoms with E-state index in [1.807, 2.05) is 24.3 Å². The van der Waals surface area contributed by atoms with E-state index >= 15 is 0 Å². The van der Waals surface area contributed by atoms with Gasteiger partial charge < -0.3 is 5.32 Å². The van der Waals surface area contributed by atoms with Crippen LogP contribution in [0.15, 0.2) is 78.0 Å². The Bertz CT molecular complexity index is 1200. The summed E-state index contributed by atoms with van der Waals surface area (Å²) in [6.07, 6.45) is 5.02. The number of nitrogens with one attached hydrogen (secondary N) is 1. The smallest absolute Gasteiger partial charge is 0.267 e. The molecule has 0 spiro atoms. The van der Waals surface area contributed by atoms with Crippen LogP contribution in [0.25, 0.3) is 22.2 Å². The van der Waals surface area contributed by atoms with Gasteiger partial charge in [0.1, 0.15) is 6.04 Å². The molecule has 138 valence electrons. The van der Waals surface area contributed by atoms with Crippen LogP contribution >= 0.6 is 0 Å². The summed E-state index contributed by atoms with van der Waals surface area (Å²) >= 11 is 0. The Morgan fingerprint density at radius 3 is 2.68 bits per heavy atom. The Morgan fingerprint density at radius 2 is 1.86 bits per heavy atom. The van der Waals surface area contributed by atoms with Crippen molar-refractivity contribution in [3.05, 3.63) is 83.5 Å². The number of nitrogens with zero attached hydrogens (tertiary/aromatic N) is 4. The molecule has 0 aliphatic rings. The predicted molar refractivity (Wildman–Crippen MR) is 107 cm³/mol. The average molecular weight is 371 g/mol. The first-order chi connectivity index (χ1) is 13.6. The maximum atomic E-state index is 12.7. The third-order valence-electron chi connectivity index (χ3n) is 4.42. The van der Waals surface area contributed by atoms with Gasteiger partial charge in [0, 0.05) is 41.3 Å². The van der Waals surface area contributed by atoms with Crippen LogP contribution in [-0.2, 0) is 4.79 Å². The number of hydrogen-bond donors (Lipinski definition) is 1. The Kier molecular flexibility index (Phi) is 4.63. The second-order valence-corrected chi connectivity index (χ2v) is 6.31. The minimum Gasteiger partial charge on any atom is -0.324 e. The fourth-order valence-corrected chi connectivity index (χ4v) is 2.89. The summed E-state index contributed by atoms with van der Waals surface area (Å²) in [7, 11) is 0. The van der Waals surface area contributed by atoms with E-state index in [0.717, 1.165) is 16.5 Å². The molecule has 7 nitrogen and oxygen atoms in total. The first-order valence-corrected chi connectivity index (χ1v) is 8.78. The molecule has 0 radical (unpaired) electrons. The second kappa shape index (κ2) is 7.40. The molecule has 0 aliphatic heterocycles. The lowest BCUT2D eigenvalue weighted by Crippen LogP contribution is -2.33. The monoisotopic (exact) mass is 371 g/mol. The van der Waals surface area contributed by atoms with Crippen molar-refractivity contribution in [3.8, 4) is 11.3 Å². The van der Waals surface area contributed by atoms with E-state index in [2.05, 4.69) is 20.4 Å². The van der Waals surface area contributed by atoms with Gasteiger partial charge in [0.2, 0.25) is 5.91 Å². The van der Waals surface area contributed by atoms with Crippen molar-refractivity contribution >= 4 is 22.5 Å². The molecule has 7 heteroatoms. The summed E-state index contributed by atoms with van der Waals surface area (Å²) < 4.78 is 1.19. The lowest BCUT2D eigenvalue weighted by atomic mass is 10.2. The predicted octanol–water partition coefficient (Wildman–Crippen LogP) is 3.05. The Labute approximate surface area is 160 Å². The number of aromatic nitrogens is 4. The molecule has 1 unspecified atom stereocenters. The molecule has 0 saturated carbocycles. The maximum absolute atomic E-state index is 12.7. The number of fused-ring (bicyclic) bond motifs is 1. The molecule has 4 aromatic rings. The van der Waals surface area contributed by atoms with E-state index < -0.39 is 6.04 Å². The van der Waals surface area contributed by atoms with Crippen LogP contribution < -0.4 is 10.9 Å². The minimum absolute atomic E-state index is 0.329. The molecule has 0 bridgehead atoms. The van der Waals surface area contributed by atoms with E-state index in [0.29, 0.717) is 11.4 Å². The Balaban J connectivity index is 1.60. The van der Waals surface area contributed by atoms with Gasteiger partial charge in [-0.3, -0.25) is 19.6 Å². The summed E-state index contributed by atoms with van der Waals surface area (Å²) in [5.74, 6) is -0.329. The first-order valence-electron chi connectivity index (χ1n) is 8.78. The van der Waals surface area contributed by atoms with E-state index in [9.17, 15) is 9.59 Å². The quantitative estimate of drug-likeness (QED) is 0.595. The highest BCUT2D eigenvalue weighted by atomic mass is 16.2. The summed E-state index contributed by atoms with van der Waals surface area (Å²) in [5, 5.41) is 8.12. The van der Waals surface area contributed by atoms with Crippen molar-refractivity contribution < 1.29 is 4.79 Å². The number of rotatable bonds is 4. The highest BCUT2D eigenvalue weighted by Gasteiger charge is 2.18. The highest BCUT2D eigenvalue weighted by molar-refractivity contribution is 5.95. The van der Waals surface area contributed by atoms with Gasteiger partial charge in [-0.15, -0.1) is 0 Å². The lowest BCUT2D eigenvalue weighted by molar-refractivity contribution is -0.119. The fourth-order valence-electron chi connectivity index (χ4n) is 2.89. The molecular weight excluding hydrogens is 354 g/mol. The van der Waals surface area contributed by atoms with Crippen LogP contribution in [-0.4, -0.2) is 25.7 Å². The molecule has 4 rings (SSSR count). The van der Waals surface area contributed by atoms with E-state index in [4.69, 9.17) is 0 Å². The van der Waals surface area contributed by atoms with Gasteiger partial charge in [-0.05, 0) is 49.4 Å². The summed E-state index contributed by atoms with van der Waals surface area (Å²) in [6.45, 7) is 1.64. The molecule has 1 N–H and O–H groups in total. The second-order valence-electron chi connectivity index (χ2n) is 6.31. The van der Waals surface area contributed by atoms with E-state index in [1.165, 1.54) is 10.7 Å². The minimum atomic E-state index is -0.779. The number of hydrogen-bond acceptors (Lipinski definition) is 5. The zero-order valence-corrected chi connectivity index (χ0v) is 15.1. The molecule has 1 atom stereocenters. The van der Waals surface area contributed by atoms with Crippen LogP contribution in [0.2, 0.25) is 0 Å². The molecule has 0 fully saturated rings. The van der Waals surface area contributed by atoms with Gasteiger partial charge in [0.25, 0.3) is 5.56 Å². The van der Waals surface area contributed by atoms with Gasteiger partial charge in [-0.2, -0.15) is 5.10 Å². The fraction of sp³-hybridized carbons (Fsp3) is 0.0952. The van der Waals surface area contributed by atoms with Gasteiger partial charge >= 0.3 is 0 Å². The largest absolute Gasteiger partial charge is 0.324 e. The first kappa shape index (κ1) is 17.5. The Morgan fingerprint density at radius 1 is 1.04 bits per heavy atom. The van der Waals surface area contributed by atoms with Gasteiger partial charge in [0.05, 0.1) is 11.2 Å². The zero-order valence-electron chi connectivity index (χ0n) is 15.1. The number of carbonyl (C=O) groups excluding carboxylic acids is 1. The van der Waals surface area contributed by atoms with E-state index in [1.54, 1.807) is 49.8 Å². The third kappa shape index (κ3) is 3.50. The lowest BCUT2D eigenvalue weighted by Gasteiger charge is -2.15. The van der Waals surface area contributed by atoms with Crippen molar-refractivity contribution in [1.82, 2.24) is 19.7 Å². The Hall–Kier alpha value is -3.87. The standard InChI is InChI=1S/C21H17N5O2/c1-14(21(28)24-17-4-5-18-16(13-17)3-2-10-23-18)26-20(27)7-6-19(25-26)15-8-11-22-12-9-15/h2-14H,1H3,(H,24,28).